The second-order valence-corrected chi connectivity index (χ2v) is 5.49. The van der Waals surface area contributed by atoms with Gasteiger partial charge in [-0.2, -0.15) is 0 Å². The molecular weight excluding hydrogens is 303 g/mol. The normalized spacial score (nSPS) is 10.8. The van der Waals surface area contributed by atoms with Crippen LogP contribution in [-0.2, 0) is 11.2 Å². The molecule has 6 nitrogen and oxygen atoms in total. The third-order valence-electron chi connectivity index (χ3n) is 3.29. The zero-order chi connectivity index (χ0) is 17.1. The van der Waals surface area contributed by atoms with E-state index in [1.807, 2.05) is 13.8 Å². The molecule has 0 aliphatic heterocycles. The molecule has 0 radical (unpaired) electrons. The standard InChI is InChI=1S/C16H17FN2O4/c1-8(2)15-14(9(3)19-23-15)16(22)18-11-5-4-10(6-13(20)21)12(17)7-11/h4-5,7-8H,6H2,1-3H3,(H,18,22)(H,20,21). The molecule has 0 saturated heterocycles. The first-order valence-electron chi connectivity index (χ1n) is 7.07. The molecule has 2 aromatic rings. The van der Waals surface area contributed by atoms with E-state index in [1.165, 1.54) is 12.1 Å². The molecule has 7 heteroatoms. The number of aliphatic carboxylic acids is 1. The van der Waals surface area contributed by atoms with E-state index in [0.29, 0.717) is 17.0 Å². The summed E-state index contributed by atoms with van der Waals surface area (Å²) in [6, 6.07) is 3.88. The van der Waals surface area contributed by atoms with Gasteiger partial charge in [-0.05, 0) is 24.6 Å². The highest BCUT2D eigenvalue weighted by Crippen LogP contribution is 2.24. The molecule has 0 bridgehead atoms. The Morgan fingerprint density at radius 3 is 2.65 bits per heavy atom. The average Bonchev–Trinajstić information content (AvgIpc) is 2.83. The van der Waals surface area contributed by atoms with Crippen molar-refractivity contribution in [3.05, 3.63) is 46.6 Å². The molecular formula is C16H17FN2O4. The summed E-state index contributed by atoms with van der Waals surface area (Å²) in [7, 11) is 0. The number of nitrogens with one attached hydrogen (secondary N) is 1. The van der Waals surface area contributed by atoms with Crippen molar-refractivity contribution in [1.82, 2.24) is 5.16 Å². The second kappa shape index (κ2) is 6.60. The Labute approximate surface area is 132 Å². The number of hydrogen-bond donors (Lipinski definition) is 2. The highest BCUT2D eigenvalue weighted by Gasteiger charge is 2.22. The van der Waals surface area contributed by atoms with Crippen LogP contribution in [0.2, 0.25) is 0 Å². The number of carbonyl (C=O) groups excluding carboxylic acids is 1. The summed E-state index contributed by atoms with van der Waals surface area (Å²) in [5, 5.41) is 15.1. The van der Waals surface area contributed by atoms with Crippen molar-refractivity contribution in [1.29, 1.82) is 0 Å². The van der Waals surface area contributed by atoms with Crippen molar-refractivity contribution >= 4 is 17.6 Å². The Morgan fingerprint density at radius 2 is 2.09 bits per heavy atom. The van der Waals surface area contributed by atoms with E-state index in [1.54, 1.807) is 6.92 Å². The molecule has 2 rings (SSSR count). The summed E-state index contributed by atoms with van der Waals surface area (Å²) in [4.78, 5) is 23.0. The second-order valence-electron chi connectivity index (χ2n) is 5.49. The number of aromatic nitrogens is 1. The number of anilines is 1. The molecule has 0 atom stereocenters. The first-order valence-corrected chi connectivity index (χ1v) is 7.07. The fraction of sp³-hybridized carbons (Fsp3) is 0.312. The highest BCUT2D eigenvalue weighted by molar-refractivity contribution is 6.05. The maximum absolute atomic E-state index is 13.8. The number of amides is 1. The lowest BCUT2D eigenvalue weighted by atomic mass is 10.0. The van der Waals surface area contributed by atoms with Gasteiger partial charge in [-0.1, -0.05) is 25.1 Å². The van der Waals surface area contributed by atoms with Crippen LogP contribution in [0.4, 0.5) is 10.1 Å². The van der Waals surface area contributed by atoms with E-state index in [2.05, 4.69) is 10.5 Å². The van der Waals surface area contributed by atoms with Gasteiger partial charge >= 0.3 is 5.97 Å². The third-order valence-corrected chi connectivity index (χ3v) is 3.29. The first kappa shape index (κ1) is 16.7. The third kappa shape index (κ3) is 3.74. The smallest absolute Gasteiger partial charge is 0.307 e. The van der Waals surface area contributed by atoms with Crippen molar-refractivity contribution in [3.63, 3.8) is 0 Å². The van der Waals surface area contributed by atoms with Crippen molar-refractivity contribution in [2.45, 2.75) is 33.1 Å². The maximum atomic E-state index is 13.8. The minimum atomic E-state index is -1.12. The summed E-state index contributed by atoms with van der Waals surface area (Å²) in [5.41, 5.74) is 1.07. The van der Waals surface area contributed by atoms with E-state index in [0.717, 1.165) is 6.07 Å². The van der Waals surface area contributed by atoms with Gasteiger partial charge in [0.2, 0.25) is 0 Å². The molecule has 0 spiro atoms. The van der Waals surface area contributed by atoms with E-state index < -0.39 is 24.1 Å². The molecule has 1 amide bonds. The van der Waals surface area contributed by atoms with Gasteiger partial charge in [0, 0.05) is 11.6 Å². The molecule has 1 heterocycles. The van der Waals surface area contributed by atoms with Crippen molar-refractivity contribution in [2.75, 3.05) is 5.32 Å². The summed E-state index contributed by atoms with van der Waals surface area (Å²) < 4.78 is 19.0. The molecule has 0 unspecified atom stereocenters. The van der Waals surface area contributed by atoms with Crippen molar-refractivity contribution in [2.24, 2.45) is 0 Å². The zero-order valence-corrected chi connectivity index (χ0v) is 13.0. The van der Waals surface area contributed by atoms with Crippen LogP contribution in [0.25, 0.3) is 0 Å². The van der Waals surface area contributed by atoms with E-state index in [-0.39, 0.29) is 17.2 Å². The number of rotatable bonds is 5. The molecule has 1 aromatic carbocycles. The van der Waals surface area contributed by atoms with Gasteiger partial charge in [0.1, 0.15) is 11.4 Å². The van der Waals surface area contributed by atoms with E-state index >= 15 is 0 Å². The number of aryl methyl sites for hydroxylation is 1. The summed E-state index contributed by atoms with van der Waals surface area (Å²) in [6.45, 7) is 5.40. The van der Waals surface area contributed by atoms with E-state index in [9.17, 15) is 14.0 Å². The fourth-order valence-corrected chi connectivity index (χ4v) is 2.18. The summed E-state index contributed by atoms with van der Waals surface area (Å²) in [5.74, 6) is -1.81. The van der Waals surface area contributed by atoms with Crippen LogP contribution < -0.4 is 5.32 Å². The highest BCUT2D eigenvalue weighted by atomic mass is 19.1. The number of carboxylic acid groups (broad SMARTS) is 1. The van der Waals surface area contributed by atoms with E-state index in [4.69, 9.17) is 9.63 Å². The number of halogens is 1. The molecule has 0 aliphatic carbocycles. The van der Waals surface area contributed by atoms with Crippen LogP contribution in [-0.4, -0.2) is 22.1 Å². The molecule has 0 saturated carbocycles. The van der Waals surface area contributed by atoms with Gasteiger partial charge in [0.25, 0.3) is 5.91 Å². The van der Waals surface area contributed by atoms with Crippen LogP contribution in [0.15, 0.2) is 22.7 Å². The lowest BCUT2D eigenvalue weighted by molar-refractivity contribution is -0.136. The Hall–Kier alpha value is -2.70. The number of benzene rings is 1. The minimum Gasteiger partial charge on any atom is -0.481 e. The summed E-state index contributed by atoms with van der Waals surface area (Å²) in [6.07, 6.45) is -0.414. The van der Waals surface area contributed by atoms with Gasteiger partial charge in [-0.25, -0.2) is 4.39 Å². The quantitative estimate of drug-likeness (QED) is 0.883. The van der Waals surface area contributed by atoms with Crippen LogP contribution in [0.1, 0.15) is 47.1 Å². The Bertz CT molecular complexity index is 753. The van der Waals surface area contributed by atoms with Crippen molar-refractivity contribution < 1.29 is 23.6 Å². The Balaban J connectivity index is 2.23. The van der Waals surface area contributed by atoms with Gasteiger partial charge in [-0.15, -0.1) is 0 Å². The lowest BCUT2D eigenvalue weighted by Gasteiger charge is -2.08. The zero-order valence-electron chi connectivity index (χ0n) is 13.0. The molecule has 2 N–H and O–H groups in total. The topological polar surface area (TPSA) is 92.4 Å². The van der Waals surface area contributed by atoms with Gasteiger partial charge in [0.05, 0.1) is 12.1 Å². The van der Waals surface area contributed by atoms with Crippen LogP contribution in [0, 0.1) is 12.7 Å². The number of carbonyl (C=O) groups is 2. The van der Waals surface area contributed by atoms with Crippen LogP contribution >= 0.6 is 0 Å². The number of hydrogen-bond acceptors (Lipinski definition) is 4. The average molecular weight is 320 g/mol. The number of carboxylic acids is 1. The largest absolute Gasteiger partial charge is 0.481 e. The van der Waals surface area contributed by atoms with Gasteiger partial charge in [-0.3, -0.25) is 9.59 Å². The predicted octanol–water partition coefficient (Wildman–Crippen LogP) is 3.12. The van der Waals surface area contributed by atoms with Gasteiger partial charge in [0.15, 0.2) is 5.76 Å². The SMILES string of the molecule is Cc1noc(C(C)C)c1C(=O)Nc1ccc(CC(=O)O)c(F)c1. The lowest BCUT2D eigenvalue weighted by Crippen LogP contribution is -2.15. The summed E-state index contributed by atoms with van der Waals surface area (Å²) >= 11 is 0. The van der Waals surface area contributed by atoms with Crippen LogP contribution in [0.5, 0.6) is 0 Å². The van der Waals surface area contributed by atoms with Crippen LogP contribution in [0.3, 0.4) is 0 Å². The Morgan fingerprint density at radius 1 is 1.39 bits per heavy atom. The van der Waals surface area contributed by atoms with Gasteiger partial charge < -0.3 is 14.9 Å². The Kier molecular flexibility index (Phi) is 4.78. The fourth-order valence-electron chi connectivity index (χ4n) is 2.18. The first-order chi connectivity index (χ1) is 10.8. The predicted molar refractivity (Wildman–Crippen MR) is 81.0 cm³/mol. The number of nitrogens with zero attached hydrogens (tertiary/aromatic N) is 1. The molecule has 23 heavy (non-hydrogen) atoms. The molecule has 0 aliphatic rings. The molecule has 0 fully saturated rings. The monoisotopic (exact) mass is 320 g/mol. The van der Waals surface area contributed by atoms with Crippen molar-refractivity contribution in [3.8, 4) is 0 Å². The molecule has 122 valence electrons. The minimum absolute atomic E-state index is 0.0216. The molecule has 1 aromatic heterocycles. The maximum Gasteiger partial charge on any atom is 0.307 e.